The molecule has 1 N–H and O–H groups in total. The van der Waals surface area contributed by atoms with Crippen LogP contribution in [0.1, 0.15) is 28.9 Å². The number of methoxy groups -OCH3 is 1. The summed E-state index contributed by atoms with van der Waals surface area (Å²) >= 11 is 1.32. The van der Waals surface area contributed by atoms with Gasteiger partial charge in [0, 0.05) is 5.92 Å². The van der Waals surface area contributed by atoms with E-state index in [0.29, 0.717) is 23.5 Å². The van der Waals surface area contributed by atoms with Crippen LogP contribution < -0.4 is 4.74 Å². The van der Waals surface area contributed by atoms with Crippen LogP contribution in [0.25, 0.3) is 0 Å². The van der Waals surface area contributed by atoms with Crippen molar-refractivity contribution in [3.05, 3.63) is 16.3 Å². The second-order valence-electron chi connectivity index (χ2n) is 4.16. The maximum Gasteiger partial charge on any atom is 0.307 e. The summed E-state index contributed by atoms with van der Waals surface area (Å²) in [6.45, 7) is 0. The van der Waals surface area contributed by atoms with Gasteiger partial charge in [0.15, 0.2) is 5.78 Å². The minimum atomic E-state index is -0.864. The Morgan fingerprint density at radius 2 is 2.12 bits per heavy atom. The number of aliphatic carboxylic acids is 1. The van der Waals surface area contributed by atoms with Gasteiger partial charge in [0.2, 0.25) is 0 Å². The number of carbonyl (C=O) groups is 2. The highest BCUT2D eigenvalue weighted by atomic mass is 32.1. The third kappa shape index (κ3) is 2.20. The van der Waals surface area contributed by atoms with Gasteiger partial charge in [0.25, 0.3) is 0 Å². The number of rotatable bonds is 4. The van der Waals surface area contributed by atoms with Gasteiger partial charge in [-0.25, -0.2) is 0 Å². The number of carbonyl (C=O) groups excluding carboxylic acids is 1. The summed E-state index contributed by atoms with van der Waals surface area (Å²) in [6, 6.07) is 1.74. The molecule has 5 heteroatoms. The van der Waals surface area contributed by atoms with Crippen LogP contribution in [0.4, 0.5) is 0 Å². The molecular formula is C12H14O4S. The Morgan fingerprint density at radius 1 is 1.41 bits per heavy atom. The summed E-state index contributed by atoms with van der Waals surface area (Å²) in [6.07, 6.45) is 2.07. The molecule has 1 aromatic rings. The van der Waals surface area contributed by atoms with Crippen molar-refractivity contribution in [2.24, 2.45) is 11.8 Å². The van der Waals surface area contributed by atoms with E-state index in [1.54, 1.807) is 11.4 Å². The predicted octanol–water partition coefficient (Wildman–Crippen LogP) is 2.44. The first kappa shape index (κ1) is 12.1. The van der Waals surface area contributed by atoms with Crippen LogP contribution in [0.15, 0.2) is 11.4 Å². The molecule has 0 aromatic carbocycles. The first-order valence-corrected chi connectivity index (χ1v) is 6.41. The van der Waals surface area contributed by atoms with E-state index >= 15 is 0 Å². The Labute approximate surface area is 103 Å². The fraction of sp³-hybridized carbons (Fsp3) is 0.500. The van der Waals surface area contributed by atoms with Crippen LogP contribution in [0.2, 0.25) is 0 Å². The normalized spacial score (nSPS) is 23.6. The van der Waals surface area contributed by atoms with Crippen LogP contribution in [0, 0.1) is 11.8 Å². The minimum Gasteiger partial charge on any atom is -0.495 e. The standard InChI is InChI=1S/C12H14O4S/c1-16-9-5-6-17-11(9)10(13)7-3-2-4-8(7)12(14)15/h5-8H,2-4H2,1H3,(H,14,15). The van der Waals surface area contributed by atoms with Crippen LogP contribution in [-0.4, -0.2) is 24.0 Å². The summed E-state index contributed by atoms with van der Waals surface area (Å²) in [5, 5.41) is 10.9. The summed E-state index contributed by atoms with van der Waals surface area (Å²) in [5.74, 6) is -1.32. The average molecular weight is 254 g/mol. The summed E-state index contributed by atoms with van der Waals surface area (Å²) in [4.78, 5) is 23.9. The van der Waals surface area contributed by atoms with Gasteiger partial charge in [0.05, 0.1) is 13.0 Å². The highest BCUT2D eigenvalue weighted by Crippen LogP contribution is 2.37. The van der Waals surface area contributed by atoms with Crippen molar-refractivity contribution >= 4 is 23.1 Å². The number of hydrogen-bond donors (Lipinski definition) is 1. The van der Waals surface area contributed by atoms with Gasteiger partial charge in [-0.05, 0) is 24.3 Å². The maximum absolute atomic E-state index is 12.3. The van der Waals surface area contributed by atoms with Gasteiger partial charge in [0.1, 0.15) is 10.6 Å². The fourth-order valence-electron chi connectivity index (χ4n) is 2.38. The molecule has 1 aliphatic carbocycles. The largest absolute Gasteiger partial charge is 0.495 e. The molecule has 2 unspecified atom stereocenters. The van der Waals surface area contributed by atoms with Crippen LogP contribution in [0.3, 0.4) is 0 Å². The molecule has 0 spiro atoms. The third-order valence-electron chi connectivity index (χ3n) is 3.24. The second kappa shape index (κ2) is 4.87. The maximum atomic E-state index is 12.3. The van der Waals surface area contributed by atoms with Gasteiger partial charge in [-0.3, -0.25) is 9.59 Å². The Morgan fingerprint density at radius 3 is 2.76 bits per heavy atom. The lowest BCUT2D eigenvalue weighted by Gasteiger charge is -2.14. The number of carboxylic acids is 1. The minimum absolute atomic E-state index is 0.0817. The lowest BCUT2D eigenvalue weighted by Crippen LogP contribution is -2.25. The van der Waals surface area contributed by atoms with E-state index in [1.165, 1.54) is 18.4 Å². The molecule has 0 amide bonds. The quantitative estimate of drug-likeness (QED) is 0.838. The molecular weight excluding hydrogens is 240 g/mol. The van der Waals surface area contributed by atoms with Crippen LogP contribution in [-0.2, 0) is 4.79 Å². The number of hydrogen-bond acceptors (Lipinski definition) is 4. The van der Waals surface area contributed by atoms with E-state index in [1.807, 2.05) is 0 Å². The van der Waals surface area contributed by atoms with E-state index < -0.39 is 11.9 Å². The highest BCUT2D eigenvalue weighted by Gasteiger charge is 2.39. The Balaban J connectivity index is 2.23. The smallest absolute Gasteiger partial charge is 0.307 e. The molecule has 0 radical (unpaired) electrons. The zero-order valence-electron chi connectivity index (χ0n) is 9.51. The molecule has 2 atom stereocenters. The Kier molecular flexibility index (Phi) is 3.47. The molecule has 1 fully saturated rings. The summed E-state index contributed by atoms with van der Waals surface area (Å²) in [5.41, 5.74) is 0. The van der Waals surface area contributed by atoms with Gasteiger partial charge in [-0.1, -0.05) is 6.42 Å². The number of ketones is 1. The number of ether oxygens (including phenoxy) is 1. The molecule has 2 rings (SSSR count). The van der Waals surface area contributed by atoms with Gasteiger partial charge in [-0.15, -0.1) is 11.3 Å². The SMILES string of the molecule is COc1ccsc1C(=O)C1CCCC1C(=O)O. The third-order valence-corrected chi connectivity index (χ3v) is 4.15. The lowest BCUT2D eigenvalue weighted by atomic mass is 9.91. The molecule has 0 bridgehead atoms. The van der Waals surface area contributed by atoms with Crippen molar-refractivity contribution in [3.63, 3.8) is 0 Å². The second-order valence-corrected chi connectivity index (χ2v) is 5.08. The van der Waals surface area contributed by atoms with E-state index in [-0.39, 0.29) is 11.7 Å². The fourth-order valence-corrected chi connectivity index (χ4v) is 3.24. The topological polar surface area (TPSA) is 63.6 Å². The number of thiophene rings is 1. The van der Waals surface area contributed by atoms with E-state index in [4.69, 9.17) is 9.84 Å². The van der Waals surface area contributed by atoms with Crippen LogP contribution in [0.5, 0.6) is 5.75 Å². The van der Waals surface area contributed by atoms with Crippen molar-refractivity contribution in [2.75, 3.05) is 7.11 Å². The monoisotopic (exact) mass is 254 g/mol. The first-order chi connectivity index (χ1) is 8.15. The van der Waals surface area contributed by atoms with E-state index in [0.717, 1.165) is 6.42 Å². The van der Waals surface area contributed by atoms with Crippen molar-refractivity contribution in [3.8, 4) is 5.75 Å². The molecule has 17 heavy (non-hydrogen) atoms. The van der Waals surface area contributed by atoms with Gasteiger partial charge in [-0.2, -0.15) is 0 Å². The Bertz CT molecular complexity index is 437. The zero-order chi connectivity index (χ0) is 12.4. The van der Waals surface area contributed by atoms with Gasteiger partial charge < -0.3 is 9.84 Å². The van der Waals surface area contributed by atoms with E-state index in [9.17, 15) is 9.59 Å². The molecule has 1 heterocycles. The first-order valence-electron chi connectivity index (χ1n) is 5.53. The Hall–Kier alpha value is -1.36. The summed E-state index contributed by atoms with van der Waals surface area (Å²) < 4.78 is 5.10. The predicted molar refractivity (Wildman–Crippen MR) is 63.7 cm³/mol. The highest BCUT2D eigenvalue weighted by molar-refractivity contribution is 7.12. The molecule has 4 nitrogen and oxygen atoms in total. The molecule has 0 saturated heterocycles. The van der Waals surface area contributed by atoms with E-state index in [2.05, 4.69) is 0 Å². The molecule has 0 aliphatic heterocycles. The summed E-state index contributed by atoms with van der Waals surface area (Å²) in [7, 11) is 1.52. The lowest BCUT2D eigenvalue weighted by molar-refractivity contribution is -0.142. The molecule has 92 valence electrons. The average Bonchev–Trinajstić information content (AvgIpc) is 2.96. The van der Waals surface area contributed by atoms with Crippen molar-refractivity contribution in [1.29, 1.82) is 0 Å². The number of carboxylic acid groups (broad SMARTS) is 1. The number of Topliss-reactive ketones (excluding diaryl/α,β-unsaturated/α-hetero) is 1. The van der Waals surface area contributed by atoms with Crippen molar-refractivity contribution in [2.45, 2.75) is 19.3 Å². The van der Waals surface area contributed by atoms with Crippen molar-refractivity contribution in [1.82, 2.24) is 0 Å². The zero-order valence-corrected chi connectivity index (χ0v) is 10.3. The van der Waals surface area contributed by atoms with Gasteiger partial charge >= 0.3 is 5.97 Å². The van der Waals surface area contributed by atoms with Crippen LogP contribution >= 0.6 is 11.3 Å². The molecule has 1 saturated carbocycles. The molecule has 1 aromatic heterocycles. The molecule has 1 aliphatic rings. The van der Waals surface area contributed by atoms with Crippen molar-refractivity contribution < 1.29 is 19.4 Å².